The summed E-state index contributed by atoms with van der Waals surface area (Å²) in [5.41, 5.74) is 1.23. The molecule has 1 aromatic heterocycles. The van der Waals surface area contributed by atoms with Gasteiger partial charge < -0.3 is 4.74 Å². The monoisotopic (exact) mass is 296 g/mol. The van der Waals surface area contributed by atoms with E-state index >= 15 is 0 Å². The molecule has 0 saturated heterocycles. The largest absolute Gasteiger partial charge is 0.452 e. The minimum atomic E-state index is -0.495. The Kier molecular flexibility index (Phi) is 5.57. The predicted molar refractivity (Wildman–Crippen MR) is 82.3 cm³/mol. The fraction of sp³-hybridized carbons (Fsp3) is 0.667. The smallest absolute Gasteiger partial charge is 0.374 e. The molecule has 5 heteroatoms. The van der Waals surface area contributed by atoms with Crippen LogP contribution in [-0.4, -0.2) is 20.9 Å². The first kappa shape index (κ1) is 17.0. The Bertz CT molecular complexity index is 479. The molecule has 1 heterocycles. The lowest BCUT2D eigenvalue weighted by molar-refractivity contribution is 0.0737. The van der Waals surface area contributed by atoms with Crippen LogP contribution in [-0.2, 0) is 4.74 Å². The number of carbonyl (C=O) groups excluding carboxylic acids is 1. The van der Waals surface area contributed by atoms with Crippen LogP contribution < -0.4 is 0 Å². The van der Waals surface area contributed by atoms with Crippen LogP contribution in [0.5, 0.6) is 0 Å². The van der Waals surface area contributed by atoms with Crippen LogP contribution in [0.2, 0.25) is 0 Å². The van der Waals surface area contributed by atoms with Gasteiger partial charge >= 0.3 is 5.30 Å². The second-order valence-electron chi connectivity index (χ2n) is 6.36. The molecular formula is C15H24N2O2S. The summed E-state index contributed by atoms with van der Waals surface area (Å²) in [7, 11) is 0. The normalized spacial score (nSPS) is 12.1. The summed E-state index contributed by atoms with van der Waals surface area (Å²) >= 11 is 1.02. The summed E-state index contributed by atoms with van der Waals surface area (Å²) in [4.78, 5) is 21.0. The van der Waals surface area contributed by atoms with Gasteiger partial charge in [-0.3, -0.25) is 4.98 Å². The average Bonchev–Trinajstić information content (AvgIpc) is 2.25. The lowest BCUT2D eigenvalue weighted by atomic mass is 10.1. The number of hydrogen-bond acceptors (Lipinski definition) is 5. The summed E-state index contributed by atoms with van der Waals surface area (Å²) in [5, 5.41) is 0.315. The Balaban J connectivity index is 3.01. The first-order valence-electron chi connectivity index (χ1n) is 6.88. The van der Waals surface area contributed by atoms with E-state index < -0.39 is 5.60 Å². The Morgan fingerprint density at radius 2 is 1.80 bits per heavy atom. The molecule has 0 aliphatic carbocycles. The van der Waals surface area contributed by atoms with Crippen molar-refractivity contribution >= 4 is 17.1 Å². The molecule has 4 nitrogen and oxygen atoms in total. The minimum absolute atomic E-state index is 0.216. The van der Waals surface area contributed by atoms with Crippen molar-refractivity contribution < 1.29 is 9.53 Å². The van der Waals surface area contributed by atoms with Gasteiger partial charge in [0.2, 0.25) is 0 Å². The maximum atomic E-state index is 12.0. The lowest BCUT2D eigenvalue weighted by Gasteiger charge is -2.19. The van der Waals surface area contributed by atoms with Crippen molar-refractivity contribution in [1.29, 1.82) is 0 Å². The van der Waals surface area contributed by atoms with E-state index in [4.69, 9.17) is 4.74 Å². The van der Waals surface area contributed by atoms with Crippen LogP contribution in [0.1, 0.15) is 71.7 Å². The van der Waals surface area contributed by atoms with E-state index in [1.807, 2.05) is 34.6 Å². The highest BCUT2D eigenvalue weighted by Gasteiger charge is 2.21. The van der Waals surface area contributed by atoms with Crippen LogP contribution in [0.25, 0.3) is 0 Å². The number of rotatable bonds is 3. The Hall–Kier alpha value is -1.10. The molecule has 0 aromatic carbocycles. The molecule has 0 radical (unpaired) electrons. The number of aromatic nitrogens is 2. The molecule has 0 bridgehead atoms. The van der Waals surface area contributed by atoms with E-state index in [1.54, 1.807) is 6.20 Å². The van der Waals surface area contributed by atoms with Gasteiger partial charge in [0.15, 0.2) is 0 Å². The molecule has 20 heavy (non-hydrogen) atoms. The average molecular weight is 296 g/mol. The van der Waals surface area contributed by atoms with Crippen molar-refractivity contribution in [3.63, 3.8) is 0 Å². The molecule has 0 atom stereocenters. The zero-order chi connectivity index (χ0) is 15.5. The van der Waals surface area contributed by atoms with Gasteiger partial charge in [0.1, 0.15) is 10.6 Å². The molecule has 0 amide bonds. The second kappa shape index (κ2) is 6.57. The van der Waals surface area contributed by atoms with Gasteiger partial charge in [-0.1, -0.05) is 27.7 Å². The molecule has 1 rings (SSSR count). The van der Waals surface area contributed by atoms with Crippen LogP contribution >= 0.6 is 11.8 Å². The summed E-state index contributed by atoms with van der Waals surface area (Å²) in [6, 6.07) is 0. The van der Waals surface area contributed by atoms with Crippen LogP contribution in [0.15, 0.2) is 11.2 Å². The summed E-state index contributed by atoms with van der Waals surface area (Å²) < 4.78 is 5.33. The molecular weight excluding hydrogens is 272 g/mol. The van der Waals surface area contributed by atoms with Crippen molar-refractivity contribution in [3.05, 3.63) is 17.6 Å². The van der Waals surface area contributed by atoms with Gasteiger partial charge in [-0.25, -0.2) is 9.78 Å². The maximum absolute atomic E-state index is 12.0. The predicted octanol–water partition coefficient (Wildman–Crippen LogP) is 4.75. The van der Waals surface area contributed by atoms with Crippen molar-refractivity contribution in [1.82, 2.24) is 9.97 Å². The zero-order valence-electron chi connectivity index (χ0n) is 13.4. The summed E-state index contributed by atoms with van der Waals surface area (Å²) in [6.45, 7) is 13.7. The lowest BCUT2D eigenvalue weighted by Crippen LogP contribution is -2.21. The summed E-state index contributed by atoms with van der Waals surface area (Å²) in [5.74, 6) is 0.496. The van der Waals surface area contributed by atoms with Crippen LogP contribution in [0, 0.1) is 0 Å². The number of ether oxygens (including phenoxy) is 1. The molecule has 0 unspecified atom stereocenters. The quantitative estimate of drug-likeness (QED) is 0.595. The van der Waals surface area contributed by atoms with E-state index in [2.05, 4.69) is 23.8 Å². The van der Waals surface area contributed by atoms with Gasteiger partial charge in [0, 0.05) is 18.0 Å². The zero-order valence-corrected chi connectivity index (χ0v) is 14.2. The molecule has 0 fully saturated rings. The third kappa shape index (κ3) is 5.12. The number of thioether (sulfide) groups is 1. The first-order chi connectivity index (χ1) is 9.10. The highest BCUT2D eigenvalue weighted by molar-refractivity contribution is 8.13. The second-order valence-corrected chi connectivity index (χ2v) is 7.29. The van der Waals surface area contributed by atoms with E-state index in [1.165, 1.54) is 0 Å². The fourth-order valence-electron chi connectivity index (χ4n) is 1.49. The maximum Gasteiger partial charge on any atom is 0.374 e. The van der Waals surface area contributed by atoms with E-state index in [-0.39, 0.29) is 17.1 Å². The van der Waals surface area contributed by atoms with Gasteiger partial charge in [0.05, 0.1) is 11.4 Å². The van der Waals surface area contributed by atoms with Crippen LogP contribution in [0.3, 0.4) is 0 Å². The Labute approximate surface area is 125 Å². The molecule has 0 saturated carbocycles. The molecule has 1 aromatic rings. The first-order valence-corrected chi connectivity index (χ1v) is 7.69. The SMILES string of the molecule is CC(C)c1cnc(C(C)C)c(SC(=O)OC(C)(C)C)n1. The highest BCUT2D eigenvalue weighted by atomic mass is 32.2. The Morgan fingerprint density at radius 3 is 2.25 bits per heavy atom. The van der Waals surface area contributed by atoms with E-state index in [9.17, 15) is 4.79 Å². The van der Waals surface area contributed by atoms with Gasteiger partial charge in [-0.15, -0.1) is 0 Å². The van der Waals surface area contributed by atoms with Gasteiger partial charge in [0.25, 0.3) is 0 Å². The molecule has 0 aliphatic heterocycles. The number of nitrogens with zero attached hydrogens (tertiary/aromatic N) is 2. The highest BCUT2D eigenvalue weighted by Crippen LogP contribution is 2.29. The van der Waals surface area contributed by atoms with Gasteiger partial charge in [-0.05, 0) is 32.6 Å². The third-order valence-electron chi connectivity index (χ3n) is 2.49. The van der Waals surface area contributed by atoms with Crippen LogP contribution in [0.4, 0.5) is 4.79 Å². The summed E-state index contributed by atoms with van der Waals surface area (Å²) in [6.07, 6.45) is 1.79. The molecule has 0 N–H and O–H groups in total. The molecule has 112 valence electrons. The van der Waals surface area contributed by atoms with E-state index in [0.717, 1.165) is 23.1 Å². The fourth-order valence-corrected chi connectivity index (χ4v) is 2.49. The molecule has 0 spiro atoms. The van der Waals surface area contributed by atoms with E-state index in [0.29, 0.717) is 5.03 Å². The standard InChI is InChI=1S/C15H24N2O2S/c1-9(2)11-8-16-12(10(3)4)13(17-11)20-14(18)19-15(5,6)7/h8-10H,1-7H3. The van der Waals surface area contributed by atoms with Crippen molar-refractivity contribution in [2.24, 2.45) is 0 Å². The minimum Gasteiger partial charge on any atom is -0.452 e. The third-order valence-corrected chi connectivity index (χ3v) is 3.24. The van der Waals surface area contributed by atoms with Crippen molar-refractivity contribution in [2.75, 3.05) is 0 Å². The van der Waals surface area contributed by atoms with Crippen molar-refractivity contribution in [2.45, 2.75) is 70.9 Å². The number of hydrogen-bond donors (Lipinski definition) is 0. The number of carbonyl (C=O) groups is 1. The Morgan fingerprint density at radius 1 is 1.20 bits per heavy atom. The van der Waals surface area contributed by atoms with Gasteiger partial charge in [-0.2, -0.15) is 0 Å². The topological polar surface area (TPSA) is 52.1 Å². The van der Waals surface area contributed by atoms with Crippen molar-refractivity contribution in [3.8, 4) is 0 Å². The molecule has 0 aliphatic rings.